The highest BCUT2D eigenvalue weighted by Crippen LogP contribution is 2.19. The number of nitrogens with two attached hydrogens (primary N) is 1. The number of rotatable bonds is 4. The average Bonchev–Trinajstić information content (AvgIpc) is 2.50. The Labute approximate surface area is 82.0 Å². The molecule has 1 aromatic rings. The van der Waals surface area contributed by atoms with Gasteiger partial charge >= 0.3 is 0 Å². The van der Waals surface area contributed by atoms with E-state index in [1.165, 1.54) is 11.3 Å². The van der Waals surface area contributed by atoms with Crippen LogP contribution in [0.4, 0.5) is 0 Å². The summed E-state index contributed by atoms with van der Waals surface area (Å²) in [5.41, 5.74) is 5.32. The van der Waals surface area contributed by atoms with Crippen molar-refractivity contribution in [2.24, 2.45) is 5.73 Å². The first-order valence-electron chi connectivity index (χ1n) is 4.11. The minimum Gasteiger partial charge on any atom is -0.385 e. The lowest BCUT2D eigenvalue weighted by atomic mass is 10.4. The summed E-state index contributed by atoms with van der Waals surface area (Å²) in [4.78, 5) is 7.31. The van der Waals surface area contributed by atoms with Crippen LogP contribution in [0.3, 0.4) is 0 Å². The summed E-state index contributed by atoms with van der Waals surface area (Å²) in [6.07, 6.45) is 1.18. The van der Waals surface area contributed by atoms with Gasteiger partial charge < -0.3 is 15.7 Å². The lowest BCUT2D eigenvalue weighted by Crippen LogP contribution is -2.11. The van der Waals surface area contributed by atoms with Gasteiger partial charge in [-0.1, -0.05) is 0 Å². The van der Waals surface area contributed by atoms with Crippen LogP contribution < -0.4 is 5.73 Å². The molecule has 0 radical (unpaired) electrons. The molecule has 1 heterocycles. The zero-order valence-corrected chi connectivity index (χ0v) is 8.71. The SMILES string of the molecule is CN(C)Cc1cnc(C(O)CN)s1. The van der Waals surface area contributed by atoms with E-state index in [-0.39, 0.29) is 6.54 Å². The van der Waals surface area contributed by atoms with Gasteiger partial charge in [0.15, 0.2) is 0 Å². The van der Waals surface area contributed by atoms with Crippen LogP contribution in [-0.4, -0.2) is 35.6 Å². The van der Waals surface area contributed by atoms with Gasteiger partial charge in [-0.15, -0.1) is 11.3 Å². The topological polar surface area (TPSA) is 62.4 Å². The van der Waals surface area contributed by atoms with Gasteiger partial charge in [0.05, 0.1) is 0 Å². The zero-order chi connectivity index (χ0) is 9.84. The van der Waals surface area contributed by atoms with Crippen molar-refractivity contribution >= 4 is 11.3 Å². The number of hydrogen-bond donors (Lipinski definition) is 2. The minimum absolute atomic E-state index is 0.231. The number of hydrogen-bond acceptors (Lipinski definition) is 5. The van der Waals surface area contributed by atoms with E-state index in [2.05, 4.69) is 9.88 Å². The second-order valence-electron chi connectivity index (χ2n) is 3.15. The summed E-state index contributed by atoms with van der Waals surface area (Å²) in [5, 5.41) is 10.1. The summed E-state index contributed by atoms with van der Waals surface area (Å²) < 4.78 is 0. The number of aliphatic hydroxyl groups excluding tert-OH is 1. The predicted molar refractivity (Wildman–Crippen MR) is 53.5 cm³/mol. The third-order valence-corrected chi connectivity index (χ3v) is 2.64. The number of aromatic nitrogens is 1. The molecule has 0 saturated carbocycles. The fraction of sp³-hybridized carbons (Fsp3) is 0.625. The molecule has 1 atom stereocenters. The van der Waals surface area contributed by atoms with E-state index >= 15 is 0 Å². The van der Waals surface area contributed by atoms with E-state index in [9.17, 15) is 5.11 Å². The van der Waals surface area contributed by atoms with Crippen molar-refractivity contribution in [2.75, 3.05) is 20.6 Å². The molecule has 0 bridgehead atoms. The van der Waals surface area contributed by atoms with Crippen molar-refractivity contribution in [3.05, 3.63) is 16.1 Å². The molecule has 3 N–H and O–H groups in total. The predicted octanol–water partition coefficient (Wildman–Crippen LogP) is 0.197. The van der Waals surface area contributed by atoms with Gasteiger partial charge in [-0.2, -0.15) is 0 Å². The van der Waals surface area contributed by atoms with Crippen LogP contribution in [0.25, 0.3) is 0 Å². The molecule has 1 unspecified atom stereocenters. The molecular weight excluding hydrogens is 186 g/mol. The number of aliphatic hydroxyl groups is 1. The molecule has 1 rings (SSSR count). The summed E-state index contributed by atoms with van der Waals surface area (Å²) >= 11 is 1.51. The van der Waals surface area contributed by atoms with Gasteiger partial charge in [-0.3, -0.25) is 0 Å². The summed E-state index contributed by atoms with van der Waals surface area (Å²) in [6.45, 7) is 1.09. The molecule has 0 aromatic carbocycles. The van der Waals surface area contributed by atoms with Crippen molar-refractivity contribution in [2.45, 2.75) is 12.6 Å². The Bertz CT molecular complexity index is 262. The summed E-state index contributed by atoms with van der Waals surface area (Å²) in [5.74, 6) is 0. The van der Waals surface area contributed by atoms with Gasteiger partial charge in [0, 0.05) is 24.2 Å². The van der Waals surface area contributed by atoms with E-state index in [1.54, 1.807) is 6.20 Å². The van der Waals surface area contributed by atoms with Gasteiger partial charge in [-0.25, -0.2) is 4.98 Å². The van der Waals surface area contributed by atoms with E-state index in [0.29, 0.717) is 5.01 Å². The van der Waals surface area contributed by atoms with Gasteiger partial charge in [0.2, 0.25) is 0 Å². The highest BCUT2D eigenvalue weighted by molar-refractivity contribution is 7.11. The molecule has 0 aliphatic heterocycles. The fourth-order valence-electron chi connectivity index (χ4n) is 0.962. The molecule has 0 spiro atoms. The Hall–Kier alpha value is -0.490. The Morgan fingerprint density at radius 2 is 2.38 bits per heavy atom. The van der Waals surface area contributed by atoms with Crippen molar-refractivity contribution < 1.29 is 5.11 Å². The van der Waals surface area contributed by atoms with Gasteiger partial charge in [0.1, 0.15) is 11.1 Å². The van der Waals surface area contributed by atoms with Crippen molar-refractivity contribution in [3.63, 3.8) is 0 Å². The highest BCUT2D eigenvalue weighted by Gasteiger charge is 2.10. The molecule has 0 saturated heterocycles. The van der Waals surface area contributed by atoms with Crippen LogP contribution in [-0.2, 0) is 6.54 Å². The average molecular weight is 201 g/mol. The molecule has 0 aliphatic rings. The largest absolute Gasteiger partial charge is 0.385 e. The zero-order valence-electron chi connectivity index (χ0n) is 7.90. The monoisotopic (exact) mass is 201 g/mol. The lowest BCUT2D eigenvalue weighted by Gasteiger charge is -2.05. The van der Waals surface area contributed by atoms with Crippen molar-refractivity contribution in [1.82, 2.24) is 9.88 Å². The lowest BCUT2D eigenvalue weighted by molar-refractivity contribution is 0.186. The molecule has 74 valence electrons. The summed E-state index contributed by atoms with van der Waals surface area (Å²) in [7, 11) is 4.00. The first-order chi connectivity index (χ1) is 6.13. The molecule has 1 aromatic heterocycles. The van der Waals surface area contributed by atoms with Gasteiger partial charge in [-0.05, 0) is 14.1 Å². The molecule has 4 nitrogen and oxygen atoms in total. The molecule has 0 amide bonds. The Kier molecular flexibility index (Phi) is 3.80. The van der Waals surface area contributed by atoms with E-state index in [1.807, 2.05) is 14.1 Å². The third-order valence-electron chi connectivity index (χ3n) is 1.55. The smallest absolute Gasteiger partial charge is 0.123 e. The quantitative estimate of drug-likeness (QED) is 0.730. The minimum atomic E-state index is -0.610. The maximum Gasteiger partial charge on any atom is 0.123 e. The van der Waals surface area contributed by atoms with E-state index < -0.39 is 6.10 Å². The van der Waals surface area contributed by atoms with Gasteiger partial charge in [0.25, 0.3) is 0 Å². The molecular formula is C8H15N3OS. The fourth-order valence-corrected chi connectivity index (χ4v) is 2.00. The van der Waals surface area contributed by atoms with E-state index in [0.717, 1.165) is 11.4 Å². The maximum absolute atomic E-state index is 9.39. The molecule has 0 fully saturated rings. The Morgan fingerprint density at radius 1 is 1.69 bits per heavy atom. The first kappa shape index (κ1) is 10.6. The second kappa shape index (κ2) is 4.66. The standard InChI is InChI=1S/C8H15N3OS/c1-11(2)5-6-4-10-8(13-6)7(12)3-9/h4,7,12H,3,5,9H2,1-2H3. The van der Waals surface area contributed by atoms with Crippen LogP contribution in [0.2, 0.25) is 0 Å². The molecule has 5 heteroatoms. The molecule has 13 heavy (non-hydrogen) atoms. The van der Waals surface area contributed by atoms with Crippen LogP contribution >= 0.6 is 11.3 Å². The maximum atomic E-state index is 9.39. The van der Waals surface area contributed by atoms with Crippen LogP contribution in [0.15, 0.2) is 6.20 Å². The summed E-state index contributed by atoms with van der Waals surface area (Å²) in [6, 6.07) is 0. The van der Waals surface area contributed by atoms with Crippen LogP contribution in [0.5, 0.6) is 0 Å². The number of thiazole rings is 1. The van der Waals surface area contributed by atoms with Crippen molar-refractivity contribution in [1.29, 1.82) is 0 Å². The molecule has 0 aliphatic carbocycles. The highest BCUT2D eigenvalue weighted by atomic mass is 32.1. The normalized spacial score (nSPS) is 13.6. The van der Waals surface area contributed by atoms with Crippen LogP contribution in [0, 0.1) is 0 Å². The second-order valence-corrected chi connectivity index (χ2v) is 4.30. The Morgan fingerprint density at radius 3 is 2.92 bits per heavy atom. The Balaban J connectivity index is 2.63. The first-order valence-corrected chi connectivity index (χ1v) is 4.92. The van der Waals surface area contributed by atoms with Crippen molar-refractivity contribution in [3.8, 4) is 0 Å². The third kappa shape index (κ3) is 3.04. The van der Waals surface area contributed by atoms with Crippen LogP contribution in [0.1, 0.15) is 16.0 Å². The number of nitrogens with zero attached hydrogens (tertiary/aromatic N) is 2. The van der Waals surface area contributed by atoms with E-state index in [4.69, 9.17) is 5.73 Å².